The molecule has 3 heteroatoms. The van der Waals surface area contributed by atoms with E-state index in [1.54, 1.807) is 0 Å². The van der Waals surface area contributed by atoms with E-state index < -0.39 is 5.54 Å². The average molecular weight is 535 g/mol. The number of hydrogen-bond acceptors (Lipinski definition) is 2. The Morgan fingerprint density at radius 3 is 1.88 bits per heavy atom. The van der Waals surface area contributed by atoms with E-state index in [0.29, 0.717) is 5.92 Å². The summed E-state index contributed by atoms with van der Waals surface area (Å²) < 4.78 is 8.70. The number of hydrogen-bond donors (Lipinski definition) is 0. The Morgan fingerprint density at radius 1 is 0.707 bits per heavy atom. The van der Waals surface area contributed by atoms with Crippen molar-refractivity contribution in [1.82, 2.24) is 9.55 Å². The van der Waals surface area contributed by atoms with E-state index in [1.165, 1.54) is 44.4 Å². The first-order valence-corrected chi connectivity index (χ1v) is 14.5. The van der Waals surface area contributed by atoms with Crippen LogP contribution in [0.2, 0.25) is 0 Å². The second-order valence-corrected chi connectivity index (χ2v) is 11.0. The van der Waals surface area contributed by atoms with Gasteiger partial charge in [0.05, 0.1) is 18.1 Å². The zero-order valence-electron chi connectivity index (χ0n) is 23.4. The van der Waals surface area contributed by atoms with Gasteiger partial charge in [-0.2, -0.15) is 0 Å². The Labute approximate surface area is 242 Å². The number of imidazole rings is 1. The molecule has 0 amide bonds. The molecule has 1 aromatic heterocycles. The molecule has 7 rings (SSSR count). The minimum Gasteiger partial charge on any atom is -0.376 e. The second kappa shape index (κ2) is 10.8. The maximum absolute atomic E-state index is 6.25. The first-order chi connectivity index (χ1) is 20.3. The summed E-state index contributed by atoms with van der Waals surface area (Å²) in [5.74, 6) is 0.348. The highest BCUT2D eigenvalue weighted by molar-refractivity contribution is 5.86. The molecule has 0 saturated carbocycles. The van der Waals surface area contributed by atoms with E-state index in [9.17, 15) is 0 Å². The minimum atomic E-state index is -0.534. The number of benzene rings is 5. The van der Waals surface area contributed by atoms with Crippen molar-refractivity contribution < 1.29 is 4.74 Å². The average Bonchev–Trinajstić information content (AvgIpc) is 3.47. The van der Waals surface area contributed by atoms with Gasteiger partial charge in [-0.3, -0.25) is 0 Å². The molecule has 0 radical (unpaired) electrons. The molecule has 41 heavy (non-hydrogen) atoms. The summed E-state index contributed by atoms with van der Waals surface area (Å²) in [6, 6.07) is 47.8. The fraction of sp³-hybridized carbons (Fsp3) is 0.184. The van der Waals surface area contributed by atoms with Crippen molar-refractivity contribution in [2.24, 2.45) is 5.92 Å². The van der Waals surface area contributed by atoms with Gasteiger partial charge in [0.25, 0.3) is 0 Å². The number of ether oxygens (including phenoxy) is 1. The van der Waals surface area contributed by atoms with Crippen LogP contribution in [0.3, 0.4) is 0 Å². The molecule has 0 bridgehead atoms. The lowest BCUT2D eigenvalue weighted by Gasteiger charge is -2.40. The monoisotopic (exact) mass is 534 g/mol. The van der Waals surface area contributed by atoms with Crippen molar-refractivity contribution in [3.63, 3.8) is 0 Å². The van der Waals surface area contributed by atoms with Crippen molar-refractivity contribution in [3.05, 3.63) is 173 Å². The van der Waals surface area contributed by atoms with Gasteiger partial charge >= 0.3 is 0 Å². The molecule has 0 fully saturated rings. The zero-order valence-corrected chi connectivity index (χ0v) is 23.4. The third kappa shape index (κ3) is 4.29. The van der Waals surface area contributed by atoms with Crippen molar-refractivity contribution in [3.8, 4) is 0 Å². The molecule has 2 unspecified atom stereocenters. The van der Waals surface area contributed by atoms with Crippen molar-refractivity contribution >= 4 is 10.8 Å². The molecular formula is C38H34N2O. The Balaban J connectivity index is 1.36. The molecular weight excluding hydrogens is 500 g/mol. The van der Waals surface area contributed by atoms with Crippen molar-refractivity contribution in [1.29, 1.82) is 0 Å². The summed E-state index contributed by atoms with van der Waals surface area (Å²) in [6.45, 7) is 0. The first kappa shape index (κ1) is 25.5. The fourth-order valence-electron chi connectivity index (χ4n) is 7.09. The number of nitrogens with zero attached hydrogens (tertiary/aromatic N) is 2. The van der Waals surface area contributed by atoms with Crippen LogP contribution in [0.1, 0.15) is 46.2 Å². The summed E-state index contributed by atoms with van der Waals surface area (Å²) in [6.07, 6.45) is 4.97. The standard InChI is InChI=1S/C38H34N2O/c1-41-37(34-23-13-15-28-14-11-12-22-33(28)34)29-24-25-36-35(26-29)39-27-40(36)38(30-16-5-2-6-17-30,31-18-7-3-8-19-31)32-20-9-4-10-21-32/h2-23,27,29,37H,24-26H2,1H3. The highest BCUT2D eigenvalue weighted by Gasteiger charge is 2.41. The highest BCUT2D eigenvalue weighted by Crippen LogP contribution is 2.45. The van der Waals surface area contributed by atoms with E-state index in [-0.39, 0.29) is 6.10 Å². The Kier molecular flexibility index (Phi) is 6.74. The van der Waals surface area contributed by atoms with E-state index in [1.807, 2.05) is 7.11 Å². The third-order valence-electron chi connectivity index (χ3n) is 8.91. The van der Waals surface area contributed by atoms with Gasteiger partial charge < -0.3 is 9.30 Å². The van der Waals surface area contributed by atoms with Gasteiger partial charge in [-0.05, 0) is 58.2 Å². The van der Waals surface area contributed by atoms with Crippen LogP contribution in [0, 0.1) is 5.92 Å². The molecule has 0 aliphatic heterocycles. The van der Waals surface area contributed by atoms with Crippen LogP contribution in [0.25, 0.3) is 10.8 Å². The lowest BCUT2D eigenvalue weighted by atomic mass is 9.75. The number of methoxy groups -OCH3 is 1. The summed E-state index contributed by atoms with van der Waals surface area (Å²) in [7, 11) is 1.85. The second-order valence-electron chi connectivity index (χ2n) is 11.0. The van der Waals surface area contributed by atoms with E-state index in [0.717, 1.165) is 19.3 Å². The summed E-state index contributed by atoms with van der Waals surface area (Å²) in [5, 5.41) is 2.53. The molecule has 1 heterocycles. The van der Waals surface area contributed by atoms with Gasteiger partial charge in [0.2, 0.25) is 0 Å². The Hall–Kier alpha value is -4.47. The summed E-state index contributed by atoms with van der Waals surface area (Å²) in [4.78, 5) is 5.13. The molecule has 0 saturated heterocycles. The molecule has 6 aromatic rings. The van der Waals surface area contributed by atoms with Crippen molar-refractivity contribution in [2.75, 3.05) is 7.11 Å². The van der Waals surface area contributed by atoms with Gasteiger partial charge in [-0.1, -0.05) is 133 Å². The topological polar surface area (TPSA) is 27.1 Å². The van der Waals surface area contributed by atoms with Crippen LogP contribution in [0.5, 0.6) is 0 Å². The van der Waals surface area contributed by atoms with Crippen LogP contribution in [0.15, 0.2) is 140 Å². The molecule has 2 atom stereocenters. The number of fused-ring (bicyclic) bond motifs is 2. The van der Waals surface area contributed by atoms with Crippen molar-refractivity contribution in [2.45, 2.75) is 30.9 Å². The molecule has 3 nitrogen and oxygen atoms in total. The molecule has 1 aliphatic carbocycles. The van der Waals surface area contributed by atoms with Gasteiger partial charge in [-0.25, -0.2) is 4.98 Å². The summed E-state index contributed by atoms with van der Waals surface area (Å²) in [5.41, 5.74) is 6.90. The number of aromatic nitrogens is 2. The van der Waals surface area contributed by atoms with Crippen LogP contribution in [0.4, 0.5) is 0 Å². The smallest absolute Gasteiger partial charge is 0.121 e. The van der Waals surface area contributed by atoms with E-state index in [2.05, 4.69) is 144 Å². The zero-order chi connectivity index (χ0) is 27.6. The van der Waals surface area contributed by atoms with Crippen LogP contribution in [-0.4, -0.2) is 16.7 Å². The predicted molar refractivity (Wildman–Crippen MR) is 166 cm³/mol. The van der Waals surface area contributed by atoms with E-state index in [4.69, 9.17) is 9.72 Å². The molecule has 1 aliphatic rings. The maximum Gasteiger partial charge on any atom is 0.121 e. The lowest BCUT2D eigenvalue weighted by Crippen LogP contribution is -2.39. The van der Waals surface area contributed by atoms with Gasteiger partial charge in [0.15, 0.2) is 0 Å². The van der Waals surface area contributed by atoms with Gasteiger partial charge in [-0.15, -0.1) is 0 Å². The Morgan fingerprint density at radius 2 is 1.27 bits per heavy atom. The molecule has 202 valence electrons. The molecule has 5 aromatic carbocycles. The SMILES string of the molecule is COC(c1cccc2ccccc12)C1CCc2c(ncn2C(c2ccccc2)(c2ccccc2)c2ccccc2)C1. The van der Waals surface area contributed by atoms with Gasteiger partial charge in [0.1, 0.15) is 5.54 Å². The first-order valence-electron chi connectivity index (χ1n) is 14.5. The molecule has 0 N–H and O–H groups in total. The predicted octanol–water partition coefficient (Wildman–Crippen LogP) is 8.37. The largest absolute Gasteiger partial charge is 0.376 e. The third-order valence-corrected chi connectivity index (χ3v) is 8.91. The Bertz CT molecular complexity index is 1660. The van der Waals surface area contributed by atoms with Crippen LogP contribution >= 0.6 is 0 Å². The maximum atomic E-state index is 6.25. The normalized spacial score (nSPS) is 15.9. The molecule has 0 spiro atoms. The summed E-state index contributed by atoms with van der Waals surface area (Å²) >= 11 is 0. The highest BCUT2D eigenvalue weighted by atomic mass is 16.5. The quantitative estimate of drug-likeness (QED) is 0.192. The van der Waals surface area contributed by atoms with E-state index >= 15 is 0 Å². The van der Waals surface area contributed by atoms with Gasteiger partial charge in [0, 0.05) is 12.8 Å². The number of rotatable bonds is 7. The fourth-order valence-corrected chi connectivity index (χ4v) is 7.09. The van der Waals surface area contributed by atoms with Crippen LogP contribution < -0.4 is 0 Å². The minimum absolute atomic E-state index is 0.0153. The van der Waals surface area contributed by atoms with Crippen LogP contribution in [-0.2, 0) is 23.1 Å². The lowest BCUT2D eigenvalue weighted by molar-refractivity contribution is 0.0456.